The van der Waals surface area contributed by atoms with Crippen molar-refractivity contribution in [2.24, 2.45) is 10.5 Å². The third kappa shape index (κ3) is 6.55. The van der Waals surface area contributed by atoms with Crippen molar-refractivity contribution >= 4 is 27.3 Å². The summed E-state index contributed by atoms with van der Waals surface area (Å²) in [5.41, 5.74) is 4.37. The molecule has 2 aromatic carbocycles. The lowest BCUT2D eigenvalue weighted by molar-refractivity contribution is -0.119. The Morgan fingerprint density at radius 2 is 1.65 bits per heavy atom. The molecule has 0 aliphatic heterocycles. The third-order valence-corrected chi connectivity index (χ3v) is 6.55. The van der Waals surface area contributed by atoms with Gasteiger partial charge < -0.3 is 4.74 Å². The second-order valence-electron chi connectivity index (χ2n) is 8.23. The van der Waals surface area contributed by atoms with E-state index in [1.807, 2.05) is 41.5 Å². The van der Waals surface area contributed by atoms with Crippen LogP contribution in [-0.2, 0) is 14.8 Å². The molecule has 0 unspecified atom stereocenters. The van der Waals surface area contributed by atoms with Gasteiger partial charge in [0.25, 0.3) is 15.9 Å². The number of sulfonamides is 1. The number of carbonyl (C=O) groups excluding carboxylic acids is 1. The van der Waals surface area contributed by atoms with Crippen LogP contribution in [0.3, 0.4) is 0 Å². The zero-order chi connectivity index (χ0) is 23.2. The molecule has 31 heavy (non-hydrogen) atoms. The minimum Gasteiger partial charge on any atom is -0.494 e. The number of nitrogens with one attached hydrogen (secondary N) is 1. The highest BCUT2D eigenvalue weighted by molar-refractivity contribution is 7.92. The summed E-state index contributed by atoms with van der Waals surface area (Å²) in [5, 5.41) is 4.12. The Bertz CT molecular complexity index is 1020. The largest absolute Gasteiger partial charge is 0.494 e. The Kier molecular flexibility index (Phi) is 7.84. The van der Waals surface area contributed by atoms with E-state index in [4.69, 9.17) is 4.74 Å². The lowest BCUT2D eigenvalue weighted by atomic mass is 9.91. The molecule has 0 saturated heterocycles. The number of ether oxygens (including phenoxy) is 1. The second kappa shape index (κ2) is 9.96. The van der Waals surface area contributed by atoms with Crippen LogP contribution in [0, 0.1) is 12.3 Å². The Morgan fingerprint density at radius 1 is 1.06 bits per heavy atom. The molecule has 0 atom stereocenters. The standard InChI is InChI=1S/C23H31N3O4S/c1-7-30-20-12-14-21(15-13-20)31(28,29)26(19-10-8-17(2)9-11-19)16-22(27)25-24-18(3)23(4,5)6/h8-15H,7,16H2,1-6H3,(H,25,27)/b24-18+. The fourth-order valence-corrected chi connectivity index (χ4v) is 3.93. The molecule has 0 aliphatic rings. The molecular weight excluding hydrogens is 414 g/mol. The van der Waals surface area contributed by atoms with Crippen molar-refractivity contribution < 1.29 is 17.9 Å². The van der Waals surface area contributed by atoms with Crippen LogP contribution >= 0.6 is 0 Å². The lowest BCUT2D eigenvalue weighted by Gasteiger charge is -2.24. The number of aryl methyl sites for hydroxylation is 1. The van der Waals surface area contributed by atoms with Gasteiger partial charge in [0.05, 0.1) is 17.2 Å². The highest BCUT2D eigenvalue weighted by Crippen LogP contribution is 2.25. The number of hydrazone groups is 1. The number of carbonyl (C=O) groups is 1. The number of benzene rings is 2. The minimum absolute atomic E-state index is 0.0682. The van der Waals surface area contributed by atoms with Gasteiger partial charge in [-0.1, -0.05) is 38.5 Å². The van der Waals surface area contributed by atoms with Crippen LogP contribution in [0.4, 0.5) is 5.69 Å². The fourth-order valence-electron chi connectivity index (χ4n) is 2.51. The average molecular weight is 446 g/mol. The molecule has 2 aromatic rings. The van der Waals surface area contributed by atoms with Crippen molar-refractivity contribution in [2.45, 2.75) is 46.4 Å². The maximum absolute atomic E-state index is 13.4. The van der Waals surface area contributed by atoms with E-state index >= 15 is 0 Å². The van der Waals surface area contributed by atoms with Crippen molar-refractivity contribution in [3.05, 3.63) is 54.1 Å². The first-order chi connectivity index (χ1) is 14.4. The molecular formula is C23H31N3O4S. The Labute approximate surface area is 185 Å². The number of hydrogen-bond acceptors (Lipinski definition) is 5. The summed E-state index contributed by atoms with van der Waals surface area (Å²) < 4.78 is 33.3. The molecule has 8 heteroatoms. The maximum Gasteiger partial charge on any atom is 0.264 e. The van der Waals surface area contributed by atoms with Gasteiger partial charge >= 0.3 is 0 Å². The zero-order valence-electron chi connectivity index (χ0n) is 19.0. The molecule has 0 bridgehead atoms. The molecule has 168 valence electrons. The van der Waals surface area contributed by atoms with Crippen LogP contribution in [0.25, 0.3) is 0 Å². The maximum atomic E-state index is 13.4. The van der Waals surface area contributed by atoms with Crippen LogP contribution in [-0.4, -0.2) is 33.2 Å². The highest BCUT2D eigenvalue weighted by atomic mass is 32.2. The molecule has 1 N–H and O–H groups in total. The Hall–Kier alpha value is -2.87. The zero-order valence-corrected chi connectivity index (χ0v) is 19.8. The highest BCUT2D eigenvalue weighted by Gasteiger charge is 2.27. The molecule has 0 aliphatic carbocycles. The Balaban J connectivity index is 2.36. The first kappa shape index (κ1) is 24.4. The minimum atomic E-state index is -3.99. The number of hydrogen-bond donors (Lipinski definition) is 1. The molecule has 7 nitrogen and oxygen atoms in total. The van der Waals surface area contributed by atoms with Crippen molar-refractivity contribution in [1.29, 1.82) is 0 Å². The third-order valence-electron chi connectivity index (χ3n) is 4.77. The quantitative estimate of drug-likeness (QED) is 0.489. The van der Waals surface area contributed by atoms with Gasteiger partial charge in [-0.2, -0.15) is 5.10 Å². The van der Waals surface area contributed by atoms with E-state index < -0.39 is 22.5 Å². The summed E-state index contributed by atoms with van der Waals surface area (Å²) in [4.78, 5) is 12.7. The van der Waals surface area contributed by atoms with E-state index in [-0.39, 0.29) is 10.3 Å². The Morgan fingerprint density at radius 3 is 2.16 bits per heavy atom. The van der Waals surface area contributed by atoms with Crippen LogP contribution in [0.2, 0.25) is 0 Å². The molecule has 2 rings (SSSR count). The van der Waals surface area contributed by atoms with E-state index in [1.165, 1.54) is 12.1 Å². The summed E-state index contributed by atoms with van der Waals surface area (Å²) >= 11 is 0. The van der Waals surface area contributed by atoms with E-state index in [0.717, 1.165) is 15.6 Å². The van der Waals surface area contributed by atoms with Gasteiger partial charge in [0.15, 0.2) is 0 Å². The van der Waals surface area contributed by atoms with Crippen molar-refractivity contribution in [3.63, 3.8) is 0 Å². The number of nitrogens with zero attached hydrogens (tertiary/aromatic N) is 2. The van der Waals surface area contributed by atoms with Crippen molar-refractivity contribution in [1.82, 2.24) is 5.43 Å². The van der Waals surface area contributed by atoms with E-state index in [1.54, 1.807) is 36.4 Å². The summed E-state index contributed by atoms with van der Waals surface area (Å²) in [5.74, 6) is 0.0479. The van der Waals surface area contributed by atoms with E-state index in [9.17, 15) is 13.2 Å². The van der Waals surface area contributed by atoms with E-state index in [0.29, 0.717) is 18.0 Å². The smallest absolute Gasteiger partial charge is 0.264 e. The average Bonchev–Trinajstić information content (AvgIpc) is 2.71. The SMILES string of the molecule is CCOc1ccc(S(=O)(=O)N(CC(=O)N/N=C(\C)C(C)(C)C)c2ccc(C)cc2)cc1. The first-order valence-corrected chi connectivity index (χ1v) is 11.5. The van der Waals surface area contributed by atoms with Gasteiger partial charge in [-0.3, -0.25) is 9.10 Å². The lowest BCUT2D eigenvalue weighted by Crippen LogP contribution is -2.40. The van der Waals surface area contributed by atoms with Crippen LogP contribution < -0.4 is 14.5 Å². The molecule has 0 aromatic heterocycles. The van der Waals surface area contributed by atoms with Crippen LogP contribution in [0.1, 0.15) is 40.2 Å². The van der Waals surface area contributed by atoms with Crippen LogP contribution in [0.5, 0.6) is 5.75 Å². The predicted octanol–water partition coefficient (Wildman–Crippen LogP) is 4.13. The summed E-state index contributed by atoms with van der Waals surface area (Å²) in [6.07, 6.45) is 0. The van der Waals surface area contributed by atoms with Crippen molar-refractivity contribution in [2.75, 3.05) is 17.5 Å². The summed E-state index contributed by atoms with van der Waals surface area (Å²) in [7, 11) is -3.99. The molecule has 0 spiro atoms. The van der Waals surface area contributed by atoms with Crippen molar-refractivity contribution in [3.8, 4) is 5.75 Å². The van der Waals surface area contributed by atoms with Gasteiger partial charge in [0.2, 0.25) is 0 Å². The predicted molar refractivity (Wildman–Crippen MR) is 124 cm³/mol. The normalized spacial score (nSPS) is 12.4. The molecule has 0 radical (unpaired) electrons. The summed E-state index contributed by atoms with van der Waals surface area (Å²) in [6.45, 7) is 11.6. The number of amides is 1. The van der Waals surface area contributed by atoms with E-state index in [2.05, 4.69) is 10.5 Å². The monoisotopic (exact) mass is 445 g/mol. The van der Waals surface area contributed by atoms with Crippen LogP contribution in [0.15, 0.2) is 58.5 Å². The molecule has 0 saturated carbocycles. The fraction of sp³-hybridized carbons (Fsp3) is 0.391. The topological polar surface area (TPSA) is 88.1 Å². The molecule has 0 fully saturated rings. The first-order valence-electron chi connectivity index (χ1n) is 10.1. The van der Waals surface area contributed by atoms with Gasteiger partial charge in [-0.05, 0) is 57.2 Å². The van der Waals surface area contributed by atoms with Gasteiger partial charge in [-0.25, -0.2) is 13.8 Å². The summed E-state index contributed by atoms with van der Waals surface area (Å²) in [6, 6.07) is 13.1. The second-order valence-corrected chi connectivity index (χ2v) is 10.1. The van der Waals surface area contributed by atoms with Gasteiger partial charge in [0, 0.05) is 11.1 Å². The van der Waals surface area contributed by atoms with Gasteiger partial charge in [-0.15, -0.1) is 0 Å². The van der Waals surface area contributed by atoms with Gasteiger partial charge in [0.1, 0.15) is 12.3 Å². The number of anilines is 1. The molecule has 0 heterocycles. The molecule has 1 amide bonds. The number of rotatable bonds is 8.